The zero-order valence-electron chi connectivity index (χ0n) is 18.6. The van der Waals surface area contributed by atoms with Gasteiger partial charge in [-0.3, -0.25) is 19.3 Å². The molecule has 0 aliphatic heterocycles. The summed E-state index contributed by atoms with van der Waals surface area (Å²) in [5.41, 5.74) is 4.54. The molecule has 3 aromatic heterocycles. The number of carbonyl (C=O) groups is 1. The normalized spacial score (nSPS) is 11.1. The van der Waals surface area contributed by atoms with E-state index in [0.29, 0.717) is 42.1 Å². The Balaban J connectivity index is 1.25. The highest BCUT2D eigenvalue weighted by Crippen LogP contribution is 2.16. The summed E-state index contributed by atoms with van der Waals surface area (Å²) in [5.74, 6) is -0.264. The Morgan fingerprint density at radius 3 is 2.71 bits per heavy atom. The van der Waals surface area contributed by atoms with Crippen molar-refractivity contribution in [3.05, 3.63) is 100 Å². The molecule has 2 aromatic carbocycles. The van der Waals surface area contributed by atoms with Gasteiger partial charge in [-0.1, -0.05) is 54.6 Å². The Kier molecular flexibility index (Phi) is 5.73. The molecule has 0 fully saturated rings. The molecule has 0 spiro atoms. The molecule has 0 aliphatic carbocycles. The molecule has 2 N–H and O–H groups in total. The summed E-state index contributed by atoms with van der Waals surface area (Å²) in [6.07, 6.45) is 3.07. The number of hydrogen-bond acceptors (Lipinski definition) is 5. The molecule has 5 aromatic rings. The van der Waals surface area contributed by atoms with E-state index in [9.17, 15) is 9.59 Å². The fourth-order valence-corrected chi connectivity index (χ4v) is 3.81. The van der Waals surface area contributed by atoms with Gasteiger partial charge in [-0.05, 0) is 24.1 Å². The zero-order valence-corrected chi connectivity index (χ0v) is 18.6. The van der Waals surface area contributed by atoms with Gasteiger partial charge in [-0.25, -0.2) is 9.67 Å². The van der Waals surface area contributed by atoms with Crippen molar-refractivity contribution in [2.24, 2.45) is 0 Å². The van der Waals surface area contributed by atoms with Gasteiger partial charge in [0.1, 0.15) is 17.4 Å². The SMILES string of the molecule is Cc1ccccc1Cn1cnc2c(cnn2CCNC(=O)c2cc(-c3ccccc3)n[nH]2)c1=O. The number of aromatic nitrogens is 6. The minimum atomic E-state index is -0.264. The number of aromatic amines is 1. The molecule has 0 aliphatic rings. The predicted molar refractivity (Wildman–Crippen MR) is 128 cm³/mol. The predicted octanol–water partition coefficient (Wildman–Crippen LogP) is 2.77. The number of hydrogen-bond donors (Lipinski definition) is 2. The third-order valence-corrected chi connectivity index (χ3v) is 5.73. The summed E-state index contributed by atoms with van der Waals surface area (Å²) in [6, 6.07) is 19.3. The van der Waals surface area contributed by atoms with Crippen LogP contribution in [0.1, 0.15) is 21.6 Å². The summed E-state index contributed by atoms with van der Waals surface area (Å²) >= 11 is 0. The second-order valence-corrected chi connectivity index (χ2v) is 8.00. The smallest absolute Gasteiger partial charge is 0.269 e. The quantitative estimate of drug-likeness (QED) is 0.394. The highest BCUT2D eigenvalue weighted by molar-refractivity contribution is 5.93. The molecule has 0 unspecified atom stereocenters. The Hall–Kier alpha value is -4.53. The highest BCUT2D eigenvalue weighted by atomic mass is 16.2. The van der Waals surface area contributed by atoms with Gasteiger partial charge in [0.2, 0.25) is 0 Å². The molecule has 3 heterocycles. The molecule has 5 rings (SSSR count). The van der Waals surface area contributed by atoms with Crippen LogP contribution in [0.4, 0.5) is 0 Å². The number of benzene rings is 2. The number of rotatable bonds is 7. The van der Waals surface area contributed by atoms with E-state index in [-0.39, 0.29) is 11.5 Å². The number of fused-ring (bicyclic) bond motifs is 1. The second kappa shape index (κ2) is 9.14. The van der Waals surface area contributed by atoms with Crippen LogP contribution in [-0.4, -0.2) is 42.0 Å². The van der Waals surface area contributed by atoms with Crippen LogP contribution < -0.4 is 10.9 Å². The molecule has 9 heteroatoms. The molecular weight excluding hydrogens is 430 g/mol. The van der Waals surface area contributed by atoms with Crippen molar-refractivity contribution in [3.8, 4) is 11.3 Å². The van der Waals surface area contributed by atoms with E-state index in [1.807, 2.05) is 61.5 Å². The lowest BCUT2D eigenvalue weighted by molar-refractivity contribution is 0.0947. The average molecular weight is 454 g/mol. The molecule has 170 valence electrons. The van der Waals surface area contributed by atoms with Crippen LogP contribution in [0.25, 0.3) is 22.3 Å². The van der Waals surface area contributed by atoms with Gasteiger partial charge in [-0.15, -0.1) is 0 Å². The van der Waals surface area contributed by atoms with Gasteiger partial charge < -0.3 is 5.32 Å². The van der Waals surface area contributed by atoms with Crippen LogP contribution >= 0.6 is 0 Å². The number of aryl methyl sites for hydroxylation is 1. The Bertz CT molecular complexity index is 1520. The van der Waals surface area contributed by atoms with Crippen molar-refractivity contribution in [2.45, 2.75) is 20.0 Å². The minimum Gasteiger partial charge on any atom is -0.349 e. The van der Waals surface area contributed by atoms with E-state index in [0.717, 1.165) is 16.7 Å². The summed E-state index contributed by atoms with van der Waals surface area (Å²) in [6.45, 7) is 3.17. The van der Waals surface area contributed by atoms with Crippen molar-refractivity contribution < 1.29 is 4.79 Å². The Labute approximate surface area is 195 Å². The second-order valence-electron chi connectivity index (χ2n) is 8.00. The van der Waals surface area contributed by atoms with Gasteiger partial charge in [-0.2, -0.15) is 10.2 Å². The Morgan fingerprint density at radius 1 is 1.09 bits per heavy atom. The summed E-state index contributed by atoms with van der Waals surface area (Å²) in [7, 11) is 0. The van der Waals surface area contributed by atoms with Crippen LogP contribution in [0.5, 0.6) is 0 Å². The number of nitrogens with one attached hydrogen (secondary N) is 2. The summed E-state index contributed by atoms with van der Waals surface area (Å²) in [4.78, 5) is 29.9. The molecule has 34 heavy (non-hydrogen) atoms. The fraction of sp³-hybridized carbons (Fsp3) is 0.160. The number of amides is 1. The van der Waals surface area contributed by atoms with Crippen molar-refractivity contribution in [1.29, 1.82) is 0 Å². The van der Waals surface area contributed by atoms with E-state index in [4.69, 9.17) is 0 Å². The zero-order chi connectivity index (χ0) is 23.5. The van der Waals surface area contributed by atoms with Gasteiger partial charge in [0, 0.05) is 12.1 Å². The number of carbonyl (C=O) groups excluding carboxylic acids is 1. The maximum absolute atomic E-state index is 12.9. The largest absolute Gasteiger partial charge is 0.349 e. The third-order valence-electron chi connectivity index (χ3n) is 5.73. The van der Waals surface area contributed by atoms with Crippen molar-refractivity contribution in [2.75, 3.05) is 6.54 Å². The number of nitrogens with zero attached hydrogens (tertiary/aromatic N) is 5. The summed E-state index contributed by atoms with van der Waals surface area (Å²) in [5, 5.41) is 14.6. The monoisotopic (exact) mass is 453 g/mol. The van der Waals surface area contributed by atoms with E-state index in [1.165, 1.54) is 6.20 Å². The lowest BCUT2D eigenvalue weighted by Gasteiger charge is -2.09. The van der Waals surface area contributed by atoms with Crippen molar-refractivity contribution in [3.63, 3.8) is 0 Å². The lowest BCUT2D eigenvalue weighted by Crippen LogP contribution is -2.28. The molecule has 0 radical (unpaired) electrons. The van der Waals surface area contributed by atoms with E-state index in [1.54, 1.807) is 21.6 Å². The highest BCUT2D eigenvalue weighted by Gasteiger charge is 2.13. The average Bonchev–Trinajstić information content (AvgIpc) is 3.51. The topological polar surface area (TPSA) is 110 Å². The third kappa shape index (κ3) is 4.23. The van der Waals surface area contributed by atoms with Crippen LogP contribution in [0.2, 0.25) is 0 Å². The van der Waals surface area contributed by atoms with Crippen molar-refractivity contribution in [1.82, 2.24) is 34.8 Å². The van der Waals surface area contributed by atoms with Crippen molar-refractivity contribution >= 4 is 16.9 Å². The molecule has 9 nitrogen and oxygen atoms in total. The molecule has 1 amide bonds. The molecular formula is C25H23N7O2. The fourth-order valence-electron chi connectivity index (χ4n) is 3.81. The maximum Gasteiger partial charge on any atom is 0.269 e. The molecule has 0 atom stereocenters. The van der Waals surface area contributed by atoms with Gasteiger partial charge >= 0.3 is 0 Å². The lowest BCUT2D eigenvalue weighted by atomic mass is 10.1. The molecule has 0 bridgehead atoms. The van der Waals surface area contributed by atoms with E-state index < -0.39 is 0 Å². The first-order valence-corrected chi connectivity index (χ1v) is 10.9. The van der Waals surface area contributed by atoms with Crippen LogP contribution in [0, 0.1) is 6.92 Å². The standard InChI is InChI=1S/C25H23N7O2/c1-17-7-5-6-10-19(17)15-31-16-27-23-20(25(31)34)14-28-32(23)12-11-26-24(33)22-13-21(29-30-22)18-8-3-2-4-9-18/h2-10,13-14,16H,11-12,15H2,1H3,(H,26,33)(H,29,30). The Morgan fingerprint density at radius 2 is 1.88 bits per heavy atom. The van der Waals surface area contributed by atoms with Crippen LogP contribution in [0.3, 0.4) is 0 Å². The van der Waals surface area contributed by atoms with Gasteiger partial charge in [0.15, 0.2) is 5.65 Å². The first-order chi connectivity index (χ1) is 16.6. The van der Waals surface area contributed by atoms with Crippen LogP contribution in [-0.2, 0) is 13.1 Å². The van der Waals surface area contributed by atoms with Crippen LogP contribution in [0.15, 0.2) is 78.0 Å². The first-order valence-electron chi connectivity index (χ1n) is 10.9. The van der Waals surface area contributed by atoms with E-state index in [2.05, 4.69) is 25.6 Å². The van der Waals surface area contributed by atoms with E-state index >= 15 is 0 Å². The minimum absolute atomic E-state index is 0.144. The molecule has 0 saturated carbocycles. The first kappa shape index (κ1) is 21.3. The maximum atomic E-state index is 12.9. The van der Waals surface area contributed by atoms with Gasteiger partial charge in [0.25, 0.3) is 11.5 Å². The van der Waals surface area contributed by atoms with Gasteiger partial charge in [0.05, 0.1) is 25.0 Å². The molecule has 0 saturated heterocycles. The summed E-state index contributed by atoms with van der Waals surface area (Å²) < 4.78 is 3.21. The number of H-pyrrole nitrogens is 1.